The van der Waals surface area contributed by atoms with Gasteiger partial charge in [0.1, 0.15) is 5.00 Å². The van der Waals surface area contributed by atoms with E-state index in [0.29, 0.717) is 17.2 Å². The van der Waals surface area contributed by atoms with Gasteiger partial charge in [0.05, 0.1) is 28.5 Å². The fourth-order valence-electron chi connectivity index (χ4n) is 3.35. The lowest BCUT2D eigenvalue weighted by Gasteiger charge is -2.10. The highest BCUT2D eigenvalue weighted by Crippen LogP contribution is 2.33. The number of thiophene rings is 1. The van der Waals surface area contributed by atoms with Gasteiger partial charge in [-0.3, -0.25) is 4.79 Å². The van der Waals surface area contributed by atoms with E-state index in [9.17, 15) is 9.59 Å². The van der Waals surface area contributed by atoms with Gasteiger partial charge in [0.15, 0.2) is 0 Å². The molecule has 3 rings (SSSR count). The number of fused-ring (bicyclic) bond motifs is 1. The van der Waals surface area contributed by atoms with Crippen LogP contribution in [-0.2, 0) is 9.53 Å². The van der Waals surface area contributed by atoms with E-state index >= 15 is 0 Å². The smallest absolute Gasteiger partial charge is 0.341 e. The van der Waals surface area contributed by atoms with Crippen LogP contribution >= 0.6 is 23.1 Å². The predicted molar refractivity (Wildman–Crippen MR) is 125 cm³/mol. The van der Waals surface area contributed by atoms with Crippen molar-refractivity contribution in [3.63, 3.8) is 0 Å². The predicted octanol–water partition coefficient (Wildman–Crippen LogP) is 5.75. The molecule has 5 nitrogen and oxygen atoms in total. The second-order valence-electron chi connectivity index (χ2n) is 7.30. The molecule has 0 saturated heterocycles. The lowest BCUT2D eigenvalue weighted by molar-refractivity contribution is -0.113. The van der Waals surface area contributed by atoms with Crippen LogP contribution in [0, 0.1) is 34.6 Å². The third-order valence-corrected chi connectivity index (χ3v) is 6.93. The van der Waals surface area contributed by atoms with E-state index in [2.05, 4.69) is 38.2 Å². The molecule has 0 aliphatic carbocycles. The summed E-state index contributed by atoms with van der Waals surface area (Å²) in [7, 11) is 0. The quantitative estimate of drug-likeness (QED) is 0.389. The molecule has 1 amide bonds. The molecule has 0 fully saturated rings. The lowest BCUT2D eigenvalue weighted by Crippen LogP contribution is -2.16. The average Bonchev–Trinajstić information content (AvgIpc) is 2.94. The minimum Gasteiger partial charge on any atom is -0.462 e. The van der Waals surface area contributed by atoms with Gasteiger partial charge in [-0.05, 0) is 70.4 Å². The molecule has 158 valence electrons. The Hall–Kier alpha value is -2.38. The molecule has 0 atom stereocenters. The second kappa shape index (κ2) is 9.18. The van der Waals surface area contributed by atoms with Crippen LogP contribution in [0.2, 0.25) is 0 Å². The molecule has 0 aliphatic rings. The van der Waals surface area contributed by atoms with Gasteiger partial charge in [0.2, 0.25) is 5.91 Å². The summed E-state index contributed by atoms with van der Waals surface area (Å²) in [6, 6.07) is 6.28. The molecule has 1 N–H and O–H groups in total. The summed E-state index contributed by atoms with van der Waals surface area (Å²) in [6.45, 7) is 12.1. The molecule has 30 heavy (non-hydrogen) atoms. The van der Waals surface area contributed by atoms with Crippen molar-refractivity contribution in [1.82, 2.24) is 4.98 Å². The number of ether oxygens (including phenoxy) is 1. The highest BCUT2D eigenvalue weighted by atomic mass is 32.2. The third-order valence-electron chi connectivity index (χ3n) is 4.90. The third kappa shape index (κ3) is 4.68. The van der Waals surface area contributed by atoms with Crippen LogP contribution in [0.25, 0.3) is 10.9 Å². The van der Waals surface area contributed by atoms with Crippen molar-refractivity contribution >= 4 is 50.9 Å². The number of hydrogen-bond acceptors (Lipinski definition) is 6. The molecular formula is C23H26N2O3S2. The van der Waals surface area contributed by atoms with E-state index in [1.165, 1.54) is 28.7 Å². The first-order valence-corrected chi connectivity index (χ1v) is 11.6. The highest BCUT2D eigenvalue weighted by molar-refractivity contribution is 7.99. The SMILES string of the molecule is CCOC(=O)c1c(NC(=O)CSc2cc(C)c3cc(C)cc(C)c3n2)sc(C)c1C. The Morgan fingerprint density at radius 2 is 1.83 bits per heavy atom. The van der Waals surface area contributed by atoms with Gasteiger partial charge in [-0.25, -0.2) is 9.78 Å². The van der Waals surface area contributed by atoms with Crippen molar-refractivity contribution in [3.05, 3.63) is 50.9 Å². The standard InChI is InChI=1S/C23H26N2O3S2/c1-7-28-23(27)20-15(5)16(6)30-22(20)24-18(26)11-29-19-10-13(3)17-9-12(2)8-14(4)21(17)25-19/h8-10H,7,11H2,1-6H3,(H,24,26). The van der Waals surface area contributed by atoms with Crippen LogP contribution in [0.5, 0.6) is 0 Å². The minimum absolute atomic E-state index is 0.174. The molecule has 0 spiro atoms. The normalized spacial score (nSPS) is 11.0. The number of nitrogens with one attached hydrogen (secondary N) is 1. The molecule has 2 heterocycles. The number of nitrogens with zero attached hydrogens (tertiary/aromatic N) is 1. The molecule has 0 unspecified atom stereocenters. The number of carbonyl (C=O) groups is 2. The molecule has 1 aromatic carbocycles. The molecule has 0 radical (unpaired) electrons. The van der Waals surface area contributed by atoms with E-state index in [4.69, 9.17) is 9.72 Å². The van der Waals surface area contributed by atoms with Crippen molar-refractivity contribution in [2.75, 3.05) is 17.7 Å². The van der Waals surface area contributed by atoms with Crippen LogP contribution in [0.15, 0.2) is 23.2 Å². The van der Waals surface area contributed by atoms with Crippen LogP contribution in [0.3, 0.4) is 0 Å². The number of aromatic nitrogens is 1. The molecule has 2 aromatic heterocycles. The van der Waals surface area contributed by atoms with Gasteiger partial charge in [-0.2, -0.15) is 0 Å². The number of carbonyl (C=O) groups excluding carboxylic acids is 2. The number of anilines is 1. The second-order valence-corrected chi connectivity index (χ2v) is 9.52. The van der Waals surface area contributed by atoms with Gasteiger partial charge in [-0.1, -0.05) is 23.4 Å². The lowest BCUT2D eigenvalue weighted by atomic mass is 10.0. The van der Waals surface area contributed by atoms with Gasteiger partial charge < -0.3 is 10.1 Å². The molecule has 0 aliphatic heterocycles. The van der Waals surface area contributed by atoms with Crippen LogP contribution in [-0.4, -0.2) is 29.2 Å². The van der Waals surface area contributed by atoms with Gasteiger partial charge in [-0.15, -0.1) is 11.3 Å². The van der Waals surface area contributed by atoms with Gasteiger partial charge in [0, 0.05) is 10.3 Å². The fraction of sp³-hybridized carbons (Fsp3) is 0.348. The summed E-state index contributed by atoms with van der Waals surface area (Å²) in [4.78, 5) is 30.6. The van der Waals surface area contributed by atoms with Crippen molar-refractivity contribution in [2.24, 2.45) is 0 Å². The maximum absolute atomic E-state index is 12.6. The topological polar surface area (TPSA) is 68.3 Å². The zero-order valence-electron chi connectivity index (χ0n) is 18.1. The van der Waals surface area contributed by atoms with E-state index in [0.717, 1.165) is 37.5 Å². The summed E-state index contributed by atoms with van der Waals surface area (Å²) >= 11 is 2.79. The maximum Gasteiger partial charge on any atom is 0.341 e. The van der Waals surface area contributed by atoms with Crippen molar-refractivity contribution in [3.8, 4) is 0 Å². The average molecular weight is 443 g/mol. The van der Waals surface area contributed by atoms with E-state index in [-0.39, 0.29) is 11.7 Å². The Bertz CT molecular complexity index is 1140. The molecule has 7 heteroatoms. The fourth-order valence-corrected chi connectivity index (χ4v) is 5.19. The summed E-state index contributed by atoms with van der Waals surface area (Å²) < 4.78 is 5.15. The number of benzene rings is 1. The largest absolute Gasteiger partial charge is 0.462 e. The zero-order chi connectivity index (χ0) is 22.0. The van der Waals surface area contributed by atoms with Crippen molar-refractivity contribution in [2.45, 2.75) is 46.6 Å². The maximum atomic E-state index is 12.6. The minimum atomic E-state index is -0.403. The molecular weight excluding hydrogens is 416 g/mol. The number of aryl methyl sites for hydroxylation is 4. The Morgan fingerprint density at radius 1 is 1.10 bits per heavy atom. The first-order chi connectivity index (χ1) is 14.2. The highest BCUT2D eigenvalue weighted by Gasteiger charge is 2.22. The molecule has 0 bridgehead atoms. The Labute approximate surface area is 185 Å². The number of thioether (sulfide) groups is 1. The zero-order valence-corrected chi connectivity index (χ0v) is 19.8. The Balaban J connectivity index is 1.76. The van der Waals surface area contributed by atoms with Gasteiger partial charge >= 0.3 is 5.97 Å². The van der Waals surface area contributed by atoms with Crippen molar-refractivity contribution < 1.29 is 14.3 Å². The van der Waals surface area contributed by atoms with Gasteiger partial charge in [0.25, 0.3) is 0 Å². The van der Waals surface area contributed by atoms with Crippen LogP contribution in [0.1, 0.15) is 44.4 Å². The summed E-state index contributed by atoms with van der Waals surface area (Å²) in [5.41, 5.74) is 5.75. The molecule has 3 aromatic rings. The Morgan fingerprint density at radius 3 is 2.53 bits per heavy atom. The monoisotopic (exact) mass is 442 g/mol. The summed E-state index contributed by atoms with van der Waals surface area (Å²) in [5, 5.41) is 5.38. The van der Waals surface area contributed by atoms with E-state index < -0.39 is 5.97 Å². The number of pyridine rings is 1. The number of esters is 1. The number of hydrogen-bond donors (Lipinski definition) is 1. The van der Waals surface area contributed by atoms with Crippen LogP contribution in [0.4, 0.5) is 5.00 Å². The first kappa shape index (κ1) is 22.3. The number of amides is 1. The van der Waals surface area contributed by atoms with Crippen LogP contribution < -0.4 is 5.32 Å². The number of rotatable bonds is 6. The Kier molecular flexibility index (Phi) is 6.83. The van der Waals surface area contributed by atoms with E-state index in [1.54, 1.807) is 6.92 Å². The summed E-state index contributed by atoms with van der Waals surface area (Å²) in [5.74, 6) is -0.368. The summed E-state index contributed by atoms with van der Waals surface area (Å²) in [6.07, 6.45) is 0. The van der Waals surface area contributed by atoms with E-state index in [1.807, 2.05) is 19.9 Å². The van der Waals surface area contributed by atoms with Crippen molar-refractivity contribution in [1.29, 1.82) is 0 Å². The molecule has 0 saturated carbocycles. The first-order valence-electron chi connectivity index (χ1n) is 9.79.